The van der Waals surface area contributed by atoms with Gasteiger partial charge in [-0.3, -0.25) is 0 Å². The Hall–Kier alpha value is -0.840. The van der Waals surface area contributed by atoms with Crippen molar-refractivity contribution in [2.24, 2.45) is 5.73 Å². The average Bonchev–Trinajstić information content (AvgIpc) is 2.82. The van der Waals surface area contributed by atoms with Crippen LogP contribution in [0, 0.1) is 0 Å². The standard InChI is InChI=1S/C14H17BrN2S/c1-17(10-12-3-2-8-18-12)14-5-4-11(6-7-16)9-13(14)15/h2-5,8-9H,6-7,10,16H2,1H3. The fraction of sp³-hybridized carbons (Fsp3) is 0.286. The van der Waals surface area contributed by atoms with Gasteiger partial charge >= 0.3 is 0 Å². The Bertz CT molecular complexity index is 497. The zero-order chi connectivity index (χ0) is 13.0. The van der Waals surface area contributed by atoms with Crippen molar-refractivity contribution < 1.29 is 0 Å². The highest BCUT2D eigenvalue weighted by atomic mass is 79.9. The smallest absolute Gasteiger partial charge is 0.0519 e. The molecule has 1 aromatic heterocycles. The summed E-state index contributed by atoms with van der Waals surface area (Å²) in [5, 5.41) is 2.11. The summed E-state index contributed by atoms with van der Waals surface area (Å²) in [5.74, 6) is 0. The second-order valence-corrected chi connectivity index (χ2v) is 6.15. The van der Waals surface area contributed by atoms with E-state index in [0.717, 1.165) is 17.4 Å². The second kappa shape index (κ2) is 6.36. The van der Waals surface area contributed by atoms with Gasteiger partial charge in [-0.2, -0.15) is 0 Å². The Balaban J connectivity index is 2.12. The Morgan fingerprint density at radius 2 is 2.17 bits per heavy atom. The molecular formula is C14H17BrN2S. The lowest BCUT2D eigenvalue weighted by molar-refractivity contribution is 0.929. The first-order chi connectivity index (χ1) is 8.70. The van der Waals surface area contributed by atoms with Crippen molar-refractivity contribution in [1.82, 2.24) is 0 Å². The summed E-state index contributed by atoms with van der Waals surface area (Å²) in [7, 11) is 2.11. The normalized spacial score (nSPS) is 10.6. The number of hydrogen-bond acceptors (Lipinski definition) is 3. The summed E-state index contributed by atoms with van der Waals surface area (Å²) >= 11 is 5.43. The van der Waals surface area contributed by atoms with Gasteiger partial charge in [0.2, 0.25) is 0 Å². The van der Waals surface area contributed by atoms with Crippen LogP contribution in [0.4, 0.5) is 5.69 Å². The number of anilines is 1. The van der Waals surface area contributed by atoms with Gasteiger partial charge in [0.25, 0.3) is 0 Å². The summed E-state index contributed by atoms with van der Waals surface area (Å²) in [6.45, 7) is 1.63. The molecule has 0 spiro atoms. The number of nitrogens with zero attached hydrogens (tertiary/aromatic N) is 1. The van der Waals surface area contributed by atoms with E-state index in [1.165, 1.54) is 16.1 Å². The fourth-order valence-electron chi connectivity index (χ4n) is 1.90. The molecule has 2 N–H and O–H groups in total. The number of thiophene rings is 1. The molecule has 0 atom stereocenters. The molecule has 18 heavy (non-hydrogen) atoms. The highest BCUT2D eigenvalue weighted by molar-refractivity contribution is 9.10. The van der Waals surface area contributed by atoms with Crippen molar-refractivity contribution in [3.8, 4) is 0 Å². The number of benzene rings is 1. The molecule has 0 radical (unpaired) electrons. The van der Waals surface area contributed by atoms with Crippen LogP contribution < -0.4 is 10.6 Å². The van der Waals surface area contributed by atoms with Crippen LogP contribution in [0.25, 0.3) is 0 Å². The molecule has 1 heterocycles. The average molecular weight is 325 g/mol. The fourth-order valence-corrected chi connectivity index (χ4v) is 3.39. The lowest BCUT2D eigenvalue weighted by Crippen LogP contribution is -2.16. The molecule has 0 saturated heterocycles. The van der Waals surface area contributed by atoms with Crippen LogP contribution in [0.3, 0.4) is 0 Å². The van der Waals surface area contributed by atoms with Crippen LogP contribution >= 0.6 is 27.3 Å². The Morgan fingerprint density at radius 1 is 1.33 bits per heavy atom. The molecule has 1 aromatic carbocycles. The molecular weight excluding hydrogens is 308 g/mol. The van der Waals surface area contributed by atoms with Crippen molar-refractivity contribution in [1.29, 1.82) is 0 Å². The minimum absolute atomic E-state index is 0.691. The Morgan fingerprint density at radius 3 is 2.78 bits per heavy atom. The van der Waals surface area contributed by atoms with E-state index < -0.39 is 0 Å². The summed E-state index contributed by atoms with van der Waals surface area (Å²) in [6, 6.07) is 10.7. The van der Waals surface area contributed by atoms with Gasteiger partial charge < -0.3 is 10.6 Å². The highest BCUT2D eigenvalue weighted by Gasteiger charge is 2.07. The molecule has 0 saturated carbocycles. The second-order valence-electron chi connectivity index (χ2n) is 4.26. The monoisotopic (exact) mass is 324 g/mol. The van der Waals surface area contributed by atoms with Crippen LogP contribution in [0.2, 0.25) is 0 Å². The predicted molar refractivity (Wildman–Crippen MR) is 83.3 cm³/mol. The summed E-state index contributed by atoms with van der Waals surface area (Å²) in [4.78, 5) is 3.62. The van der Waals surface area contributed by atoms with E-state index in [9.17, 15) is 0 Å². The van der Waals surface area contributed by atoms with E-state index in [-0.39, 0.29) is 0 Å². The first-order valence-electron chi connectivity index (χ1n) is 5.92. The number of halogens is 1. The largest absolute Gasteiger partial charge is 0.369 e. The van der Waals surface area contributed by atoms with Gasteiger partial charge in [-0.1, -0.05) is 12.1 Å². The molecule has 0 aliphatic carbocycles. The molecule has 0 aliphatic heterocycles. The van der Waals surface area contributed by atoms with E-state index in [4.69, 9.17) is 5.73 Å². The molecule has 0 unspecified atom stereocenters. The molecule has 0 aliphatic rings. The van der Waals surface area contributed by atoms with E-state index in [1.807, 2.05) is 0 Å². The summed E-state index contributed by atoms with van der Waals surface area (Å²) in [6.07, 6.45) is 0.924. The van der Waals surface area contributed by atoms with E-state index in [0.29, 0.717) is 6.54 Å². The van der Waals surface area contributed by atoms with Crippen LogP contribution in [0.5, 0.6) is 0 Å². The van der Waals surface area contributed by atoms with E-state index in [1.54, 1.807) is 11.3 Å². The topological polar surface area (TPSA) is 29.3 Å². The number of nitrogens with two attached hydrogens (primary N) is 1. The number of rotatable bonds is 5. The molecule has 96 valence electrons. The van der Waals surface area contributed by atoms with Crippen molar-refractivity contribution in [3.05, 3.63) is 50.6 Å². The van der Waals surface area contributed by atoms with Crippen molar-refractivity contribution >= 4 is 33.0 Å². The quantitative estimate of drug-likeness (QED) is 0.909. The summed E-state index contributed by atoms with van der Waals surface area (Å²) < 4.78 is 1.13. The lowest BCUT2D eigenvalue weighted by Gasteiger charge is -2.20. The van der Waals surface area contributed by atoms with Crippen molar-refractivity contribution in [2.75, 3.05) is 18.5 Å². The first kappa shape index (κ1) is 13.6. The molecule has 2 aromatic rings. The maximum absolute atomic E-state index is 5.57. The van der Waals surface area contributed by atoms with Gasteiger partial charge in [0, 0.05) is 16.4 Å². The van der Waals surface area contributed by atoms with Crippen LogP contribution in [0.1, 0.15) is 10.4 Å². The van der Waals surface area contributed by atoms with Gasteiger partial charge in [-0.15, -0.1) is 11.3 Å². The first-order valence-corrected chi connectivity index (χ1v) is 7.60. The molecule has 0 fully saturated rings. The summed E-state index contributed by atoms with van der Waals surface area (Å²) in [5.41, 5.74) is 8.06. The predicted octanol–water partition coefficient (Wildman–Crippen LogP) is 3.65. The maximum Gasteiger partial charge on any atom is 0.0519 e. The van der Waals surface area contributed by atoms with Gasteiger partial charge in [-0.05, 0) is 58.0 Å². The highest BCUT2D eigenvalue weighted by Crippen LogP contribution is 2.28. The van der Waals surface area contributed by atoms with Crippen LogP contribution in [-0.2, 0) is 13.0 Å². The molecule has 2 nitrogen and oxygen atoms in total. The third-order valence-corrected chi connectivity index (χ3v) is 4.33. The third kappa shape index (κ3) is 3.34. The Kier molecular flexibility index (Phi) is 4.80. The maximum atomic E-state index is 5.57. The minimum Gasteiger partial charge on any atom is -0.369 e. The van der Waals surface area contributed by atoms with Gasteiger partial charge in [0.15, 0.2) is 0 Å². The number of hydrogen-bond donors (Lipinski definition) is 1. The van der Waals surface area contributed by atoms with Crippen LogP contribution in [0.15, 0.2) is 40.2 Å². The van der Waals surface area contributed by atoms with Crippen LogP contribution in [-0.4, -0.2) is 13.6 Å². The van der Waals surface area contributed by atoms with Gasteiger partial charge in [0.1, 0.15) is 0 Å². The molecule has 0 bridgehead atoms. The third-order valence-electron chi connectivity index (χ3n) is 2.83. The molecule has 0 amide bonds. The zero-order valence-electron chi connectivity index (χ0n) is 10.4. The Labute approximate surface area is 121 Å². The zero-order valence-corrected chi connectivity index (χ0v) is 12.8. The minimum atomic E-state index is 0.691. The van der Waals surface area contributed by atoms with E-state index >= 15 is 0 Å². The SMILES string of the molecule is CN(Cc1cccs1)c1ccc(CCN)cc1Br. The molecule has 2 rings (SSSR count). The van der Waals surface area contributed by atoms with E-state index in [2.05, 4.69) is 63.6 Å². The molecule has 4 heteroatoms. The van der Waals surface area contributed by atoms with Gasteiger partial charge in [-0.25, -0.2) is 0 Å². The van der Waals surface area contributed by atoms with Crippen molar-refractivity contribution in [2.45, 2.75) is 13.0 Å². The van der Waals surface area contributed by atoms with Crippen molar-refractivity contribution in [3.63, 3.8) is 0 Å². The lowest BCUT2D eigenvalue weighted by atomic mass is 10.1. The van der Waals surface area contributed by atoms with Gasteiger partial charge in [0.05, 0.1) is 12.2 Å².